The molecule has 0 aliphatic rings. The Morgan fingerprint density at radius 3 is 2.29 bits per heavy atom. The molecule has 1 rings (SSSR count). The van der Waals surface area contributed by atoms with Crippen molar-refractivity contribution in [2.45, 2.75) is 79.6 Å². The minimum absolute atomic E-state index is 0.707. The minimum Gasteiger partial charge on any atom is -0.493 e. The lowest BCUT2D eigenvalue weighted by atomic mass is 10.0. The fraction of sp³-hybridized carbons (Fsp3) is 0.500. The Kier molecular flexibility index (Phi) is 12.0. The Hall–Kier alpha value is -2.09. The lowest BCUT2D eigenvalue weighted by Crippen LogP contribution is -2.00. The highest BCUT2D eigenvalue weighted by Gasteiger charge is 2.05. The predicted molar refractivity (Wildman–Crippen MR) is 121 cm³/mol. The predicted octanol–water partition coefficient (Wildman–Crippen LogP) is 7.64. The van der Waals surface area contributed by atoms with E-state index in [0.29, 0.717) is 5.56 Å². The van der Waals surface area contributed by atoms with Crippen LogP contribution in [0, 0.1) is 0 Å². The third-order valence-electron chi connectivity index (χ3n) is 4.77. The maximum absolute atomic E-state index is 11.1. The number of carbonyl (C=O) groups excluding carboxylic acids is 1. The van der Waals surface area contributed by atoms with Crippen molar-refractivity contribution in [1.82, 2.24) is 0 Å². The quantitative estimate of drug-likeness (QED) is 0.199. The fourth-order valence-corrected chi connectivity index (χ4v) is 2.92. The topological polar surface area (TPSA) is 26.3 Å². The number of carbonyl (C=O) groups is 1. The molecule has 0 aromatic heterocycles. The van der Waals surface area contributed by atoms with Crippen LogP contribution in [0.15, 0.2) is 53.1 Å². The van der Waals surface area contributed by atoms with Crippen LogP contribution in [0.1, 0.15) is 89.1 Å². The van der Waals surface area contributed by atoms with Gasteiger partial charge in [0.15, 0.2) is 0 Å². The molecule has 0 spiro atoms. The molecule has 0 fully saturated rings. The number of allylic oxidation sites excluding steroid dienone is 6. The summed E-state index contributed by atoms with van der Waals surface area (Å²) >= 11 is 0. The van der Waals surface area contributed by atoms with E-state index in [-0.39, 0.29) is 0 Å². The molecule has 1 aromatic carbocycles. The van der Waals surface area contributed by atoms with Crippen molar-refractivity contribution < 1.29 is 9.53 Å². The zero-order chi connectivity index (χ0) is 20.8. The third kappa shape index (κ3) is 10.3. The van der Waals surface area contributed by atoms with Gasteiger partial charge in [-0.05, 0) is 90.0 Å². The van der Waals surface area contributed by atoms with Gasteiger partial charge in [-0.1, -0.05) is 48.3 Å². The van der Waals surface area contributed by atoms with Crippen molar-refractivity contribution in [2.75, 3.05) is 6.61 Å². The number of rotatable bonds is 13. The lowest BCUT2D eigenvalue weighted by molar-refractivity contribution is 0.112. The van der Waals surface area contributed by atoms with Gasteiger partial charge in [-0.3, -0.25) is 4.79 Å². The second-order valence-electron chi connectivity index (χ2n) is 7.85. The molecule has 0 atom stereocenters. The van der Waals surface area contributed by atoms with Crippen LogP contribution in [0.25, 0.3) is 0 Å². The van der Waals surface area contributed by atoms with Crippen LogP contribution in [0.4, 0.5) is 0 Å². The monoisotopic (exact) mass is 382 g/mol. The number of unbranched alkanes of at least 4 members (excludes halogenated alkanes) is 1. The van der Waals surface area contributed by atoms with Gasteiger partial charge in [-0.15, -0.1) is 0 Å². The Labute approximate surface area is 172 Å². The van der Waals surface area contributed by atoms with Crippen LogP contribution in [-0.4, -0.2) is 12.9 Å². The molecule has 28 heavy (non-hydrogen) atoms. The van der Waals surface area contributed by atoms with Crippen molar-refractivity contribution >= 4 is 6.29 Å². The highest BCUT2D eigenvalue weighted by atomic mass is 16.5. The normalized spacial score (nSPS) is 12.0. The number of benzene rings is 1. The first-order chi connectivity index (χ1) is 13.5. The summed E-state index contributed by atoms with van der Waals surface area (Å²) < 4.78 is 5.92. The van der Waals surface area contributed by atoms with E-state index in [0.717, 1.165) is 69.2 Å². The molecule has 0 saturated carbocycles. The smallest absolute Gasteiger partial charge is 0.150 e. The first-order valence-corrected chi connectivity index (χ1v) is 10.6. The maximum Gasteiger partial charge on any atom is 0.150 e. The second-order valence-corrected chi connectivity index (χ2v) is 7.85. The summed E-state index contributed by atoms with van der Waals surface area (Å²) in [6.45, 7) is 11.6. The van der Waals surface area contributed by atoms with E-state index < -0.39 is 0 Å². The Morgan fingerprint density at radius 2 is 1.64 bits per heavy atom. The van der Waals surface area contributed by atoms with Crippen LogP contribution in [-0.2, 0) is 6.42 Å². The number of aldehydes is 1. The van der Waals surface area contributed by atoms with Crippen LogP contribution >= 0.6 is 0 Å². The zero-order valence-corrected chi connectivity index (χ0v) is 18.5. The molecule has 0 unspecified atom stereocenters. The van der Waals surface area contributed by atoms with Crippen LogP contribution in [0.3, 0.4) is 0 Å². The SMILES string of the molecule is CCCCOc1ccc(C=O)cc1C/C=C(\C)CC/C=C(\C)CCC=C(C)C. The Bertz CT molecular complexity index is 688. The first-order valence-electron chi connectivity index (χ1n) is 10.6. The van der Waals surface area contributed by atoms with Gasteiger partial charge in [-0.25, -0.2) is 0 Å². The number of hydrogen-bond donors (Lipinski definition) is 0. The average molecular weight is 383 g/mol. The highest BCUT2D eigenvalue weighted by molar-refractivity contribution is 5.75. The van der Waals surface area contributed by atoms with Crippen molar-refractivity contribution in [1.29, 1.82) is 0 Å². The molecule has 0 N–H and O–H groups in total. The van der Waals surface area contributed by atoms with Gasteiger partial charge in [0.05, 0.1) is 6.61 Å². The summed E-state index contributed by atoms with van der Waals surface area (Å²) in [5.74, 6) is 0.901. The summed E-state index contributed by atoms with van der Waals surface area (Å²) in [6, 6.07) is 5.71. The average Bonchev–Trinajstić information content (AvgIpc) is 2.66. The van der Waals surface area contributed by atoms with Gasteiger partial charge in [0.1, 0.15) is 12.0 Å². The van der Waals surface area contributed by atoms with E-state index in [1.54, 1.807) is 0 Å². The van der Waals surface area contributed by atoms with E-state index in [2.05, 4.69) is 52.8 Å². The Balaban J connectivity index is 2.61. The molecular weight excluding hydrogens is 344 g/mol. The Morgan fingerprint density at radius 1 is 0.964 bits per heavy atom. The van der Waals surface area contributed by atoms with Crippen LogP contribution in [0.2, 0.25) is 0 Å². The molecule has 0 saturated heterocycles. The van der Waals surface area contributed by atoms with Gasteiger partial charge in [-0.2, -0.15) is 0 Å². The molecular formula is C26H38O2. The summed E-state index contributed by atoms with van der Waals surface area (Å²) in [5, 5.41) is 0. The molecule has 2 heteroatoms. The second kappa shape index (κ2) is 14.0. The van der Waals surface area contributed by atoms with E-state index in [1.807, 2.05) is 18.2 Å². The van der Waals surface area contributed by atoms with Crippen LogP contribution < -0.4 is 4.74 Å². The minimum atomic E-state index is 0.707. The molecule has 2 nitrogen and oxygen atoms in total. The largest absolute Gasteiger partial charge is 0.493 e. The van der Waals surface area contributed by atoms with E-state index >= 15 is 0 Å². The standard InChI is InChI=1S/C26H38O2/c1-6-7-18-28-26-17-15-24(20-27)19-25(26)16-14-23(5)13-9-12-22(4)11-8-10-21(2)3/h10,12,14-15,17,19-20H,6-9,11,13,16,18H2,1-5H3/b22-12+,23-14+. The van der Waals surface area contributed by atoms with E-state index in [9.17, 15) is 4.79 Å². The molecule has 1 aromatic rings. The third-order valence-corrected chi connectivity index (χ3v) is 4.77. The molecule has 0 amide bonds. The maximum atomic E-state index is 11.1. The molecule has 0 aliphatic heterocycles. The van der Waals surface area contributed by atoms with Gasteiger partial charge < -0.3 is 4.74 Å². The summed E-state index contributed by atoms with van der Waals surface area (Å²) in [7, 11) is 0. The molecule has 154 valence electrons. The van der Waals surface area contributed by atoms with Crippen molar-refractivity contribution in [3.05, 3.63) is 64.3 Å². The number of ether oxygens (including phenoxy) is 1. The summed E-state index contributed by atoms with van der Waals surface area (Å²) in [5.41, 5.74) is 6.04. The lowest BCUT2D eigenvalue weighted by Gasteiger charge is -2.11. The molecule has 0 aliphatic carbocycles. The van der Waals surface area contributed by atoms with Crippen molar-refractivity contribution in [3.63, 3.8) is 0 Å². The molecule has 0 radical (unpaired) electrons. The highest BCUT2D eigenvalue weighted by Crippen LogP contribution is 2.22. The van der Waals surface area contributed by atoms with Gasteiger partial charge in [0.25, 0.3) is 0 Å². The van der Waals surface area contributed by atoms with Crippen LogP contribution in [0.5, 0.6) is 5.75 Å². The summed E-state index contributed by atoms with van der Waals surface area (Å²) in [4.78, 5) is 11.1. The van der Waals surface area contributed by atoms with Gasteiger partial charge >= 0.3 is 0 Å². The van der Waals surface area contributed by atoms with Crippen molar-refractivity contribution in [3.8, 4) is 5.75 Å². The first kappa shape index (κ1) is 23.9. The molecule has 0 bridgehead atoms. The zero-order valence-electron chi connectivity index (χ0n) is 18.5. The van der Waals surface area contributed by atoms with Crippen molar-refractivity contribution in [2.24, 2.45) is 0 Å². The summed E-state index contributed by atoms with van der Waals surface area (Å²) in [6.07, 6.45) is 15.2. The fourth-order valence-electron chi connectivity index (χ4n) is 2.92. The molecule has 0 heterocycles. The van der Waals surface area contributed by atoms with Gasteiger partial charge in [0.2, 0.25) is 0 Å². The number of hydrogen-bond acceptors (Lipinski definition) is 2. The van der Waals surface area contributed by atoms with E-state index in [1.165, 1.54) is 16.7 Å². The van der Waals surface area contributed by atoms with E-state index in [4.69, 9.17) is 4.74 Å². The van der Waals surface area contributed by atoms with Gasteiger partial charge in [0, 0.05) is 5.56 Å².